The molecule has 2 saturated carbocycles. The van der Waals surface area contributed by atoms with Crippen molar-refractivity contribution in [2.75, 3.05) is 0 Å². The maximum atomic E-state index is 11.9. The molecule has 0 aliphatic heterocycles. The van der Waals surface area contributed by atoms with Gasteiger partial charge in [0.1, 0.15) is 6.07 Å². The van der Waals surface area contributed by atoms with Crippen molar-refractivity contribution in [3.63, 3.8) is 0 Å². The van der Waals surface area contributed by atoms with Gasteiger partial charge in [-0.25, -0.2) is 4.85 Å². The molecule has 2 heterocycles. The molecule has 5 aromatic carbocycles. The molecule has 0 saturated heterocycles. The molecule has 7 aromatic rings. The maximum absolute atomic E-state index is 11.9. The van der Waals surface area contributed by atoms with Crippen LogP contribution in [0.25, 0.3) is 59.8 Å². The van der Waals surface area contributed by atoms with Gasteiger partial charge < -0.3 is 9.13 Å². The number of fused-ring (bicyclic) bond motifs is 6. The normalized spacial score (nSPS) is 16.3. The van der Waals surface area contributed by atoms with Crippen LogP contribution in [0.1, 0.15) is 198 Å². The van der Waals surface area contributed by atoms with Crippen molar-refractivity contribution in [3.05, 3.63) is 123 Å². The van der Waals surface area contributed by atoms with Gasteiger partial charge in [0.15, 0.2) is 0 Å². The number of nitrogens with zero attached hydrogens (tertiary/aromatic N) is 4. The molecule has 2 aromatic heterocycles. The molecule has 330 valence electrons. The average Bonchev–Trinajstić information content (AvgIpc) is 3.75. The van der Waals surface area contributed by atoms with E-state index in [1.54, 1.807) is 0 Å². The largest absolute Gasteiger partial charge is 0.319 e. The summed E-state index contributed by atoms with van der Waals surface area (Å²) in [6, 6.07) is 31.3. The summed E-state index contributed by atoms with van der Waals surface area (Å²) in [6.45, 7) is 37.0. The Kier molecular flexibility index (Phi) is 10.8. The van der Waals surface area contributed by atoms with E-state index in [4.69, 9.17) is 0 Å². The first-order chi connectivity index (χ1) is 30.2. The van der Waals surface area contributed by atoms with Crippen molar-refractivity contribution in [1.29, 1.82) is 5.26 Å². The number of aromatic nitrogens is 2. The fraction of sp³-hybridized carbons (Fsp3) is 0.467. The van der Waals surface area contributed by atoms with Gasteiger partial charge in [-0.05, 0) is 141 Å². The van der Waals surface area contributed by atoms with Crippen LogP contribution in [0.4, 0.5) is 5.69 Å². The van der Waals surface area contributed by atoms with Crippen molar-refractivity contribution in [2.45, 2.75) is 181 Å². The fourth-order valence-electron chi connectivity index (χ4n) is 11.4. The Bertz CT molecular complexity index is 2720. The molecule has 2 aliphatic carbocycles. The van der Waals surface area contributed by atoms with E-state index in [0.717, 1.165) is 90.4 Å². The van der Waals surface area contributed by atoms with E-state index in [9.17, 15) is 11.8 Å². The Morgan fingerprint density at radius 1 is 0.469 bits per heavy atom. The molecule has 2 fully saturated rings. The van der Waals surface area contributed by atoms with Crippen LogP contribution in [0.15, 0.2) is 72.8 Å². The molecular formula is C60H70N4. The Hall–Kier alpha value is -5.32. The molecule has 0 spiro atoms. The van der Waals surface area contributed by atoms with Crippen LogP contribution >= 0.6 is 0 Å². The van der Waals surface area contributed by atoms with Gasteiger partial charge in [0, 0.05) is 21.5 Å². The summed E-state index contributed by atoms with van der Waals surface area (Å²) in [6.07, 6.45) is 11.0. The molecule has 4 nitrogen and oxygen atoms in total. The average molecular weight is 847 g/mol. The lowest BCUT2D eigenvalue weighted by Crippen LogP contribution is -2.18. The van der Waals surface area contributed by atoms with E-state index in [-0.39, 0.29) is 33.5 Å². The monoisotopic (exact) mass is 847 g/mol. The van der Waals surface area contributed by atoms with Crippen LogP contribution in [0, 0.1) is 17.9 Å². The summed E-state index contributed by atoms with van der Waals surface area (Å²) in [7, 11) is 0. The van der Waals surface area contributed by atoms with Gasteiger partial charge in [-0.1, -0.05) is 146 Å². The molecule has 0 N–H and O–H groups in total. The molecule has 0 bridgehead atoms. The molecule has 0 atom stereocenters. The number of rotatable bonds is 4. The van der Waals surface area contributed by atoms with Crippen molar-refractivity contribution in [3.8, 4) is 17.4 Å². The van der Waals surface area contributed by atoms with Crippen LogP contribution < -0.4 is 0 Å². The zero-order valence-corrected chi connectivity index (χ0v) is 40.9. The van der Waals surface area contributed by atoms with Gasteiger partial charge in [0.05, 0.1) is 45.6 Å². The summed E-state index contributed by atoms with van der Waals surface area (Å²) >= 11 is 0. The molecule has 4 heteroatoms. The van der Waals surface area contributed by atoms with Crippen molar-refractivity contribution < 1.29 is 0 Å². The van der Waals surface area contributed by atoms with E-state index >= 15 is 0 Å². The smallest absolute Gasteiger partial charge is 0.215 e. The second-order valence-electron chi connectivity index (χ2n) is 23.7. The van der Waals surface area contributed by atoms with Crippen LogP contribution in [0.2, 0.25) is 0 Å². The van der Waals surface area contributed by atoms with Gasteiger partial charge in [0.25, 0.3) is 0 Å². The fourth-order valence-corrected chi connectivity index (χ4v) is 11.4. The highest BCUT2D eigenvalue weighted by molar-refractivity contribution is 6.12. The molecule has 0 unspecified atom stereocenters. The van der Waals surface area contributed by atoms with Gasteiger partial charge >= 0.3 is 0 Å². The second kappa shape index (κ2) is 15.7. The Morgan fingerprint density at radius 3 is 1.08 bits per heavy atom. The highest BCUT2D eigenvalue weighted by Crippen LogP contribution is 2.54. The van der Waals surface area contributed by atoms with Crippen molar-refractivity contribution >= 4 is 49.3 Å². The lowest BCUT2D eigenvalue weighted by atomic mass is 9.76. The predicted octanol–water partition coefficient (Wildman–Crippen LogP) is 17.6. The Morgan fingerprint density at radius 2 is 0.781 bits per heavy atom. The molecule has 9 rings (SSSR count). The maximum Gasteiger partial charge on any atom is 0.215 e. The molecular weight excluding hydrogens is 777 g/mol. The van der Waals surface area contributed by atoms with E-state index in [1.807, 2.05) is 0 Å². The van der Waals surface area contributed by atoms with E-state index in [1.165, 1.54) is 62.2 Å². The molecule has 64 heavy (non-hydrogen) atoms. The topological polar surface area (TPSA) is 38.0 Å². The third kappa shape index (κ3) is 7.34. The second-order valence-corrected chi connectivity index (χ2v) is 23.7. The van der Waals surface area contributed by atoms with Crippen LogP contribution in [-0.4, -0.2) is 9.13 Å². The first-order valence-electron chi connectivity index (χ1n) is 24.4. The number of hydrogen-bond donors (Lipinski definition) is 0. The number of nitriles is 1. The molecule has 0 radical (unpaired) electrons. The Balaban J connectivity index is 1.54. The summed E-state index contributed by atoms with van der Waals surface area (Å²) in [5.41, 5.74) is 15.2. The quantitative estimate of drug-likeness (QED) is 0.163. The summed E-state index contributed by atoms with van der Waals surface area (Å²) in [4.78, 5) is 4.69. The lowest BCUT2D eigenvalue weighted by molar-refractivity contribution is 0.438. The van der Waals surface area contributed by atoms with Gasteiger partial charge in [-0.3, -0.25) is 0 Å². The number of benzene rings is 5. The minimum atomic E-state index is -0.0375. The van der Waals surface area contributed by atoms with Crippen molar-refractivity contribution in [1.82, 2.24) is 9.13 Å². The number of hydrogen-bond acceptors (Lipinski definition) is 1. The van der Waals surface area contributed by atoms with Crippen LogP contribution in [0.3, 0.4) is 0 Å². The highest BCUT2D eigenvalue weighted by Gasteiger charge is 2.37. The zero-order valence-electron chi connectivity index (χ0n) is 40.9. The summed E-state index contributed by atoms with van der Waals surface area (Å²) < 4.78 is 5.00. The van der Waals surface area contributed by atoms with Gasteiger partial charge in [0.2, 0.25) is 5.69 Å². The van der Waals surface area contributed by atoms with Gasteiger partial charge in [-0.15, -0.1) is 0 Å². The minimum absolute atomic E-state index is 0.0365. The standard InChI is InChI=1S/C60H70N4/c1-57(2,3)39-24-28-48-43(32-39)44-33-40(58(4,5)6)25-29-49(44)63(48)55-47(36-61)52(37-20-16-14-17-21-37)54(62-13)56(53(55)38-22-18-15-19-23-38)64-50-30-26-41(59(7,8)9)34-45(50)46-35-42(60(10,11)12)27-31-51(46)64/h24-35,37-38H,14-23H2,1-12H3. The van der Waals surface area contributed by atoms with Gasteiger partial charge in [-0.2, -0.15) is 5.26 Å². The van der Waals surface area contributed by atoms with Crippen LogP contribution in [-0.2, 0) is 21.7 Å². The first-order valence-corrected chi connectivity index (χ1v) is 24.4. The van der Waals surface area contributed by atoms with E-state index < -0.39 is 0 Å². The SMILES string of the molecule is [C-]#[N+]c1c(C2CCCCC2)c(C#N)c(-n2c3ccc(C(C)(C)C)cc3c3cc(C(C)(C)C)ccc32)c(C2CCCCC2)c1-n1c2ccc(C(C)(C)C)cc2c2cc(C(C)(C)C)ccc21. The van der Waals surface area contributed by atoms with E-state index in [2.05, 4.69) is 176 Å². The molecule has 2 aliphatic rings. The minimum Gasteiger partial charge on any atom is -0.319 e. The Labute approximate surface area is 383 Å². The van der Waals surface area contributed by atoms with E-state index in [0.29, 0.717) is 11.3 Å². The summed E-state index contributed by atoms with van der Waals surface area (Å²) in [5, 5.41) is 16.8. The summed E-state index contributed by atoms with van der Waals surface area (Å²) in [5.74, 6) is 0.309. The lowest BCUT2D eigenvalue weighted by Gasteiger charge is -2.34. The third-order valence-corrected chi connectivity index (χ3v) is 15.2. The third-order valence-electron chi connectivity index (χ3n) is 15.2. The highest BCUT2D eigenvalue weighted by atomic mass is 15.0. The first kappa shape index (κ1) is 43.9. The zero-order chi connectivity index (χ0) is 45.7. The predicted molar refractivity (Wildman–Crippen MR) is 273 cm³/mol. The molecule has 0 amide bonds. The van der Waals surface area contributed by atoms with Crippen molar-refractivity contribution in [2.24, 2.45) is 0 Å². The van der Waals surface area contributed by atoms with Crippen LogP contribution in [0.5, 0.6) is 0 Å².